The molecule has 9 atom stereocenters. The molecule has 4 aliphatic rings. The number of ether oxygens (including phenoxy) is 1. The molecule has 0 saturated heterocycles. The molecule has 31 heavy (non-hydrogen) atoms. The number of rotatable bonds is 5. The molecule has 4 saturated carbocycles. The molecular weight excluding hydrogens is 380 g/mol. The molecule has 4 fully saturated rings. The number of aliphatic hydroxyl groups is 1. The summed E-state index contributed by atoms with van der Waals surface area (Å²) in [5.74, 6) is 3.60. The van der Waals surface area contributed by atoms with Crippen molar-refractivity contribution in [1.29, 1.82) is 0 Å². The molecule has 1 aromatic carbocycles. The molecular formula is C29H42O2. The molecule has 5 rings (SSSR count). The van der Waals surface area contributed by atoms with Crippen LogP contribution in [-0.2, 0) is 11.3 Å². The third-order valence-corrected chi connectivity index (χ3v) is 10.6. The predicted molar refractivity (Wildman–Crippen MR) is 126 cm³/mol. The molecule has 0 aliphatic heterocycles. The van der Waals surface area contributed by atoms with E-state index < -0.39 is 0 Å². The van der Waals surface area contributed by atoms with Crippen molar-refractivity contribution in [1.82, 2.24) is 0 Å². The summed E-state index contributed by atoms with van der Waals surface area (Å²) in [6.07, 6.45) is 13.4. The van der Waals surface area contributed by atoms with E-state index in [2.05, 4.69) is 56.8 Å². The van der Waals surface area contributed by atoms with Gasteiger partial charge >= 0.3 is 0 Å². The first-order valence-electron chi connectivity index (χ1n) is 12.9. The van der Waals surface area contributed by atoms with Crippen LogP contribution < -0.4 is 0 Å². The lowest BCUT2D eigenvalue weighted by Gasteiger charge is -2.62. The summed E-state index contributed by atoms with van der Waals surface area (Å²) in [6, 6.07) is 10.7. The molecule has 2 heteroatoms. The first-order valence-corrected chi connectivity index (χ1v) is 12.9. The minimum Gasteiger partial charge on any atom is -0.393 e. The zero-order valence-corrected chi connectivity index (χ0v) is 19.6. The Morgan fingerprint density at radius 1 is 0.935 bits per heavy atom. The van der Waals surface area contributed by atoms with Gasteiger partial charge in [-0.05, 0) is 104 Å². The molecule has 0 bridgehead atoms. The molecule has 4 aliphatic carbocycles. The van der Waals surface area contributed by atoms with Crippen LogP contribution in [0.15, 0.2) is 43.0 Å². The van der Waals surface area contributed by atoms with E-state index in [1.165, 1.54) is 50.5 Å². The molecule has 1 aromatic rings. The lowest BCUT2D eigenvalue weighted by molar-refractivity contribution is -0.160. The number of aliphatic hydroxyl groups excluding tert-OH is 1. The highest BCUT2D eigenvalue weighted by Gasteiger charge is 2.61. The second-order valence-corrected chi connectivity index (χ2v) is 11.8. The Bertz CT molecular complexity index is 774. The Morgan fingerprint density at radius 2 is 1.65 bits per heavy atom. The Balaban J connectivity index is 1.32. The maximum absolute atomic E-state index is 10.8. The van der Waals surface area contributed by atoms with Crippen LogP contribution in [0, 0.1) is 40.4 Å². The monoisotopic (exact) mass is 422 g/mol. The van der Waals surface area contributed by atoms with Gasteiger partial charge in [-0.15, -0.1) is 6.58 Å². The number of benzene rings is 1. The fourth-order valence-corrected chi connectivity index (χ4v) is 9.01. The average Bonchev–Trinajstić information content (AvgIpc) is 3.12. The molecule has 0 heterocycles. The Hall–Kier alpha value is -1.12. The van der Waals surface area contributed by atoms with Crippen LogP contribution in [0.1, 0.15) is 77.2 Å². The van der Waals surface area contributed by atoms with Crippen LogP contribution in [0.5, 0.6) is 0 Å². The fraction of sp³-hybridized carbons (Fsp3) is 0.724. The van der Waals surface area contributed by atoms with E-state index in [0.29, 0.717) is 28.8 Å². The van der Waals surface area contributed by atoms with E-state index in [1.807, 2.05) is 0 Å². The highest BCUT2D eigenvalue weighted by atomic mass is 16.5. The largest absolute Gasteiger partial charge is 0.393 e. The van der Waals surface area contributed by atoms with Gasteiger partial charge in [0.1, 0.15) is 0 Å². The van der Waals surface area contributed by atoms with E-state index in [-0.39, 0.29) is 6.10 Å². The van der Waals surface area contributed by atoms with Crippen LogP contribution in [0.3, 0.4) is 0 Å². The zero-order chi connectivity index (χ0) is 21.6. The molecule has 0 spiro atoms. The smallest absolute Gasteiger partial charge is 0.0720 e. The van der Waals surface area contributed by atoms with Gasteiger partial charge in [0.05, 0.1) is 18.8 Å². The third-order valence-electron chi connectivity index (χ3n) is 10.6. The van der Waals surface area contributed by atoms with Gasteiger partial charge in [0.25, 0.3) is 0 Å². The van der Waals surface area contributed by atoms with Gasteiger partial charge in [-0.1, -0.05) is 50.3 Å². The number of fused-ring (bicyclic) bond motifs is 5. The van der Waals surface area contributed by atoms with Gasteiger partial charge in [0.2, 0.25) is 0 Å². The lowest BCUT2D eigenvalue weighted by atomic mass is 9.43. The van der Waals surface area contributed by atoms with Crippen molar-refractivity contribution in [3.8, 4) is 0 Å². The van der Waals surface area contributed by atoms with Gasteiger partial charge in [0, 0.05) is 0 Å². The molecule has 170 valence electrons. The van der Waals surface area contributed by atoms with Crippen LogP contribution >= 0.6 is 0 Å². The van der Waals surface area contributed by atoms with E-state index in [9.17, 15) is 5.11 Å². The number of hydrogen-bond donors (Lipinski definition) is 1. The SMILES string of the molecule is C=CC[C@H]1C2CC[C@@H]3[C@H](CC[C@]4(C)C(OCc5ccccc5)CC[C@@H]34)[C@@]2(C)CC[C@H]1O. The average molecular weight is 423 g/mol. The van der Waals surface area contributed by atoms with Crippen LogP contribution in [-0.4, -0.2) is 17.3 Å². The topological polar surface area (TPSA) is 29.5 Å². The van der Waals surface area contributed by atoms with Crippen molar-refractivity contribution in [2.24, 2.45) is 40.4 Å². The summed E-state index contributed by atoms with van der Waals surface area (Å²) < 4.78 is 6.59. The molecule has 0 radical (unpaired) electrons. The third kappa shape index (κ3) is 3.53. The van der Waals surface area contributed by atoms with Crippen molar-refractivity contribution in [3.63, 3.8) is 0 Å². The van der Waals surface area contributed by atoms with Gasteiger partial charge in [-0.2, -0.15) is 0 Å². The summed E-state index contributed by atoms with van der Waals surface area (Å²) >= 11 is 0. The Labute approximate surface area is 189 Å². The molecule has 0 aromatic heterocycles. The van der Waals surface area contributed by atoms with E-state index >= 15 is 0 Å². The Morgan fingerprint density at radius 3 is 2.42 bits per heavy atom. The molecule has 2 nitrogen and oxygen atoms in total. The second-order valence-electron chi connectivity index (χ2n) is 11.8. The van der Waals surface area contributed by atoms with Crippen molar-refractivity contribution < 1.29 is 9.84 Å². The van der Waals surface area contributed by atoms with Crippen LogP contribution in [0.2, 0.25) is 0 Å². The van der Waals surface area contributed by atoms with Crippen molar-refractivity contribution in [2.45, 2.75) is 90.4 Å². The highest BCUT2D eigenvalue weighted by molar-refractivity contribution is 5.14. The normalized spacial score (nSPS) is 46.6. The van der Waals surface area contributed by atoms with Crippen LogP contribution in [0.25, 0.3) is 0 Å². The first-order chi connectivity index (χ1) is 15.0. The summed E-state index contributed by atoms with van der Waals surface area (Å²) in [7, 11) is 0. The number of allylic oxidation sites excluding steroid dienone is 1. The first kappa shape index (κ1) is 21.7. The van der Waals surface area contributed by atoms with Gasteiger partial charge in [0.15, 0.2) is 0 Å². The molecule has 0 amide bonds. The molecule has 2 unspecified atom stereocenters. The van der Waals surface area contributed by atoms with E-state index in [4.69, 9.17) is 4.74 Å². The van der Waals surface area contributed by atoms with Crippen molar-refractivity contribution in [2.75, 3.05) is 0 Å². The minimum absolute atomic E-state index is 0.122. The number of hydrogen-bond acceptors (Lipinski definition) is 2. The molecule has 1 N–H and O–H groups in total. The zero-order valence-electron chi connectivity index (χ0n) is 19.6. The summed E-state index contributed by atoms with van der Waals surface area (Å²) in [5.41, 5.74) is 2.04. The van der Waals surface area contributed by atoms with Gasteiger partial charge in [-0.25, -0.2) is 0 Å². The predicted octanol–water partition coefficient (Wildman–Crippen LogP) is 6.78. The van der Waals surface area contributed by atoms with Gasteiger partial charge in [-0.3, -0.25) is 0 Å². The van der Waals surface area contributed by atoms with Crippen LogP contribution in [0.4, 0.5) is 0 Å². The minimum atomic E-state index is -0.122. The van der Waals surface area contributed by atoms with Crippen molar-refractivity contribution >= 4 is 0 Å². The lowest BCUT2D eigenvalue weighted by Crippen LogP contribution is -2.57. The van der Waals surface area contributed by atoms with Crippen molar-refractivity contribution in [3.05, 3.63) is 48.6 Å². The summed E-state index contributed by atoms with van der Waals surface area (Å²) in [5, 5.41) is 10.8. The highest BCUT2D eigenvalue weighted by Crippen LogP contribution is 2.67. The summed E-state index contributed by atoms with van der Waals surface area (Å²) in [6.45, 7) is 9.91. The quantitative estimate of drug-likeness (QED) is 0.530. The standard InChI is InChI=1S/C29H42O2/c1-4-8-22-24-12-11-21-23-13-14-27(31-19-20-9-6-5-7-10-20)29(23,3)17-15-25(21)28(24,2)18-16-26(22)30/h4-7,9-10,21-27,30H,1,8,11-19H2,2-3H3/t21-,22-,23-,24?,25-,26+,27?,28-,29-/m0/s1. The van der Waals surface area contributed by atoms with E-state index in [0.717, 1.165) is 37.2 Å². The fourth-order valence-electron chi connectivity index (χ4n) is 9.01. The maximum atomic E-state index is 10.8. The Kier molecular flexibility index (Phi) is 5.84. The summed E-state index contributed by atoms with van der Waals surface area (Å²) in [4.78, 5) is 0. The van der Waals surface area contributed by atoms with E-state index in [1.54, 1.807) is 0 Å². The van der Waals surface area contributed by atoms with Gasteiger partial charge < -0.3 is 9.84 Å². The second kappa shape index (κ2) is 8.34. The maximum Gasteiger partial charge on any atom is 0.0720 e.